The van der Waals surface area contributed by atoms with Crippen LogP contribution in [0.15, 0.2) is 0 Å². The molecule has 2 spiro atoms. The Labute approximate surface area is 238 Å². The van der Waals surface area contributed by atoms with Gasteiger partial charge in [0.2, 0.25) is 0 Å². The van der Waals surface area contributed by atoms with Gasteiger partial charge in [0.1, 0.15) is 6.10 Å². The normalized spacial score (nSPS) is 54.5. The third-order valence-electron chi connectivity index (χ3n) is 14.5. The Balaban J connectivity index is 1.39. The molecule has 0 aromatic carbocycles. The summed E-state index contributed by atoms with van der Waals surface area (Å²) in [6.45, 7) is 21.5. The van der Waals surface area contributed by atoms with Gasteiger partial charge < -0.3 is 24.4 Å². The summed E-state index contributed by atoms with van der Waals surface area (Å²) in [7, 11) is 0. The monoisotopic (exact) mass is 546 g/mol. The molecule has 6 fully saturated rings. The molecule has 13 atom stereocenters. The summed E-state index contributed by atoms with van der Waals surface area (Å²) in [4.78, 5) is 0. The molecule has 5 aliphatic carbocycles. The predicted molar refractivity (Wildman–Crippen MR) is 153 cm³/mol. The summed E-state index contributed by atoms with van der Waals surface area (Å²) in [6.07, 6.45) is 8.96. The molecule has 0 amide bonds. The molecule has 0 aromatic heterocycles. The fraction of sp³-hybridized carbons (Fsp3) is 1.00. The Morgan fingerprint density at radius 1 is 0.949 bits per heavy atom. The largest absolute Gasteiger partial charge is 0.393 e. The van der Waals surface area contributed by atoms with Gasteiger partial charge in [-0.05, 0) is 124 Å². The SMILES string of the molecule is CCO[C@@H]([C@H]1C[C@@H](C)[C@H]2[C@H](O1)[C@H](OCC)[C@@]1(C)[C@@H]3CC[C@H]4C(C)(C)[C@@H](O)CCC45C[C@@]35CC[C@]21C)C(C)(C)O. The summed E-state index contributed by atoms with van der Waals surface area (Å²) in [6, 6.07) is 0. The van der Waals surface area contributed by atoms with E-state index < -0.39 is 5.60 Å². The van der Waals surface area contributed by atoms with Crippen molar-refractivity contribution in [1.82, 2.24) is 0 Å². The van der Waals surface area contributed by atoms with Gasteiger partial charge in [-0.2, -0.15) is 0 Å². The van der Waals surface area contributed by atoms with Crippen molar-refractivity contribution in [2.24, 2.45) is 50.7 Å². The van der Waals surface area contributed by atoms with E-state index in [1.165, 1.54) is 38.5 Å². The maximum atomic E-state index is 11.1. The minimum Gasteiger partial charge on any atom is -0.393 e. The van der Waals surface area contributed by atoms with Gasteiger partial charge >= 0.3 is 0 Å². The highest BCUT2D eigenvalue weighted by atomic mass is 16.6. The van der Waals surface area contributed by atoms with E-state index >= 15 is 0 Å². The summed E-state index contributed by atoms with van der Waals surface area (Å²) in [5, 5.41) is 22.1. The van der Waals surface area contributed by atoms with Crippen LogP contribution in [0.1, 0.15) is 114 Å². The number of aliphatic hydroxyl groups excluding tert-OH is 1. The molecule has 1 unspecified atom stereocenters. The average molecular weight is 547 g/mol. The zero-order valence-corrected chi connectivity index (χ0v) is 26.4. The second kappa shape index (κ2) is 8.91. The third-order valence-corrected chi connectivity index (χ3v) is 14.5. The zero-order chi connectivity index (χ0) is 28.4. The first kappa shape index (κ1) is 28.9. The van der Waals surface area contributed by atoms with Crippen molar-refractivity contribution < 1.29 is 24.4 Å². The minimum atomic E-state index is -0.964. The van der Waals surface area contributed by atoms with E-state index in [2.05, 4.69) is 41.5 Å². The quantitative estimate of drug-likeness (QED) is 0.405. The molecule has 1 saturated heterocycles. The van der Waals surface area contributed by atoms with Crippen LogP contribution in [0.2, 0.25) is 0 Å². The Kier molecular flexibility index (Phi) is 6.60. The van der Waals surface area contributed by atoms with E-state index in [1.54, 1.807) is 0 Å². The number of fused-ring (bicyclic) bond motifs is 4. The summed E-state index contributed by atoms with van der Waals surface area (Å²) in [5.41, 5.74) is 0.0536. The molecule has 5 saturated carbocycles. The molecule has 0 bridgehead atoms. The van der Waals surface area contributed by atoms with Crippen molar-refractivity contribution in [3.8, 4) is 0 Å². The Bertz CT molecular complexity index is 958. The molecule has 5 nitrogen and oxygen atoms in total. The van der Waals surface area contributed by atoms with Gasteiger partial charge in [-0.3, -0.25) is 0 Å². The van der Waals surface area contributed by atoms with Crippen molar-refractivity contribution in [3.63, 3.8) is 0 Å². The molecule has 0 aromatic rings. The van der Waals surface area contributed by atoms with Crippen LogP contribution in [-0.2, 0) is 14.2 Å². The smallest absolute Gasteiger partial charge is 0.112 e. The van der Waals surface area contributed by atoms with E-state index in [0.29, 0.717) is 47.7 Å². The Morgan fingerprint density at radius 3 is 2.26 bits per heavy atom. The number of ether oxygens (including phenoxy) is 3. The van der Waals surface area contributed by atoms with Crippen LogP contribution in [-0.4, -0.2) is 59.5 Å². The molecule has 1 heterocycles. The summed E-state index contributed by atoms with van der Waals surface area (Å²) < 4.78 is 20.2. The molecular weight excluding hydrogens is 488 g/mol. The lowest BCUT2D eigenvalue weighted by atomic mass is 9.41. The number of rotatable bonds is 6. The average Bonchev–Trinajstić information content (AvgIpc) is 3.48. The standard InChI is InChI=1S/C34H58O5/c1-10-37-27(30(6,7)36)21-18-20(3)25-26(39-21)28(38-11-2)32(9)23-13-12-22-29(4,5)24(35)14-15-33(22)19-34(23,33)17-16-31(25,32)8/h20-28,35-36H,10-19H2,1-9H3/t20-,21-,22+,23+,24+,25+,26+,27+,28+,31-,32-,33?,34+/m1/s1. The topological polar surface area (TPSA) is 68.2 Å². The van der Waals surface area contributed by atoms with Crippen molar-refractivity contribution in [2.45, 2.75) is 150 Å². The van der Waals surface area contributed by atoms with Gasteiger partial charge in [0.15, 0.2) is 0 Å². The van der Waals surface area contributed by atoms with E-state index in [0.717, 1.165) is 12.8 Å². The summed E-state index contributed by atoms with van der Waals surface area (Å²) in [5.74, 6) is 2.20. The third kappa shape index (κ3) is 3.49. The van der Waals surface area contributed by atoms with Crippen molar-refractivity contribution in [1.29, 1.82) is 0 Å². The lowest BCUT2D eigenvalue weighted by Gasteiger charge is -2.63. The summed E-state index contributed by atoms with van der Waals surface area (Å²) >= 11 is 0. The lowest BCUT2D eigenvalue weighted by Crippen LogP contribution is -2.60. The number of hydrogen-bond donors (Lipinski definition) is 2. The maximum absolute atomic E-state index is 11.1. The molecule has 5 heteroatoms. The van der Waals surface area contributed by atoms with Gasteiger partial charge in [-0.15, -0.1) is 0 Å². The lowest BCUT2D eigenvalue weighted by molar-refractivity contribution is -0.220. The van der Waals surface area contributed by atoms with Gasteiger partial charge in [0.25, 0.3) is 0 Å². The molecule has 6 rings (SSSR count). The molecule has 1 aliphatic heterocycles. The Morgan fingerprint density at radius 2 is 1.62 bits per heavy atom. The van der Waals surface area contributed by atoms with Crippen LogP contribution in [0.5, 0.6) is 0 Å². The van der Waals surface area contributed by atoms with E-state index in [-0.39, 0.29) is 46.8 Å². The molecular formula is C34H58O5. The van der Waals surface area contributed by atoms with Gasteiger partial charge in [0, 0.05) is 18.6 Å². The molecule has 0 radical (unpaired) electrons. The van der Waals surface area contributed by atoms with Crippen LogP contribution in [0.4, 0.5) is 0 Å². The molecule has 6 aliphatic rings. The Hall–Kier alpha value is -0.200. The highest BCUT2D eigenvalue weighted by Crippen LogP contribution is 2.89. The van der Waals surface area contributed by atoms with Gasteiger partial charge in [-0.1, -0.05) is 34.6 Å². The van der Waals surface area contributed by atoms with Gasteiger partial charge in [-0.25, -0.2) is 0 Å². The van der Waals surface area contributed by atoms with Crippen molar-refractivity contribution in [2.75, 3.05) is 13.2 Å². The first-order valence-corrected chi connectivity index (χ1v) is 16.4. The zero-order valence-electron chi connectivity index (χ0n) is 26.4. The van der Waals surface area contributed by atoms with Crippen molar-refractivity contribution >= 4 is 0 Å². The fourth-order valence-corrected chi connectivity index (χ4v) is 12.9. The first-order valence-electron chi connectivity index (χ1n) is 16.4. The fourth-order valence-electron chi connectivity index (χ4n) is 12.9. The van der Waals surface area contributed by atoms with Crippen LogP contribution in [0.3, 0.4) is 0 Å². The van der Waals surface area contributed by atoms with Crippen LogP contribution < -0.4 is 0 Å². The molecule has 224 valence electrons. The van der Waals surface area contributed by atoms with Crippen LogP contribution in [0, 0.1) is 50.7 Å². The minimum absolute atomic E-state index is 0.00753. The van der Waals surface area contributed by atoms with E-state index in [4.69, 9.17) is 14.2 Å². The number of aliphatic hydroxyl groups is 2. The number of hydrogen-bond acceptors (Lipinski definition) is 5. The maximum Gasteiger partial charge on any atom is 0.112 e. The van der Waals surface area contributed by atoms with Gasteiger partial charge in [0.05, 0.1) is 30.0 Å². The molecule has 2 N–H and O–H groups in total. The second-order valence-electron chi connectivity index (χ2n) is 16.5. The van der Waals surface area contributed by atoms with E-state index in [9.17, 15) is 10.2 Å². The predicted octanol–water partition coefficient (Wildman–Crippen LogP) is 6.38. The first-order chi connectivity index (χ1) is 18.2. The molecule has 39 heavy (non-hydrogen) atoms. The van der Waals surface area contributed by atoms with Crippen molar-refractivity contribution in [3.05, 3.63) is 0 Å². The van der Waals surface area contributed by atoms with E-state index in [1.807, 2.05) is 20.8 Å². The highest BCUT2D eigenvalue weighted by molar-refractivity contribution is 5.33. The van der Waals surface area contributed by atoms with Crippen LogP contribution >= 0.6 is 0 Å². The second-order valence-corrected chi connectivity index (χ2v) is 16.5. The highest BCUT2D eigenvalue weighted by Gasteiger charge is 2.84. The van der Waals surface area contributed by atoms with Crippen LogP contribution in [0.25, 0.3) is 0 Å².